The van der Waals surface area contributed by atoms with E-state index in [1.165, 1.54) is 17.0 Å². The van der Waals surface area contributed by atoms with Crippen molar-refractivity contribution < 1.29 is 17.9 Å². The van der Waals surface area contributed by atoms with Crippen LogP contribution in [0.1, 0.15) is 25.5 Å². The summed E-state index contributed by atoms with van der Waals surface area (Å²) in [4.78, 5) is 1.48. The Labute approximate surface area is 123 Å². The summed E-state index contributed by atoms with van der Waals surface area (Å²) in [6, 6.07) is 4.69. The third-order valence-electron chi connectivity index (χ3n) is 3.39. The molecule has 1 aliphatic heterocycles. The number of benzene rings is 1. The number of halogens is 3. The molecular formula is C15H21F3N2O. The summed E-state index contributed by atoms with van der Waals surface area (Å²) in [6.07, 6.45) is -4.28. The molecule has 0 amide bonds. The van der Waals surface area contributed by atoms with Crippen LogP contribution in [0.15, 0.2) is 24.3 Å². The molecule has 1 aliphatic rings. The molecular weight excluding hydrogens is 281 g/mol. The molecule has 1 aromatic rings. The second-order valence-corrected chi connectivity index (χ2v) is 5.47. The van der Waals surface area contributed by atoms with Crippen molar-refractivity contribution in [2.45, 2.75) is 32.2 Å². The van der Waals surface area contributed by atoms with Crippen LogP contribution < -0.4 is 10.1 Å². The summed E-state index contributed by atoms with van der Waals surface area (Å²) < 4.78 is 45.7. The Bertz CT molecular complexity index is 439. The van der Waals surface area contributed by atoms with Crippen molar-refractivity contribution >= 4 is 0 Å². The first-order chi connectivity index (χ1) is 9.88. The Morgan fingerprint density at radius 1 is 1.10 bits per heavy atom. The van der Waals surface area contributed by atoms with E-state index in [4.69, 9.17) is 4.74 Å². The van der Waals surface area contributed by atoms with Gasteiger partial charge < -0.3 is 10.1 Å². The normalized spacial score (nSPS) is 18.8. The van der Waals surface area contributed by atoms with Crippen LogP contribution in [-0.4, -0.2) is 43.4 Å². The molecule has 1 aromatic carbocycles. The second kappa shape index (κ2) is 6.66. The Kier molecular flexibility index (Phi) is 5.11. The van der Waals surface area contributed by atoms with E-state index in [1.807, 2.05) is 13.8 Å². The van der Waals surface area contributed by atoms with Crippen LogP contribution in [0.25, 0.3) is 0 Å². The van der Waals surface area contributed by atoms with E-state index in [2.05, 4.69) is 5.32 Å². The van der Waals surface area contributed by atoms with Crippen molar-refractivity contribution in [2.75, 3.05) is 26.2 Å². The highest BCUT2D eigenvalue weighted by Crippen LogP contribution is 2.38. The quantitative estimate of drug-likeness (QED) is 0.925. The fourth-order valence-corrected chi connectivity index (χ4v) is 2.55. The first kappa shape index (κ1) is 16.1. The molecule has 0 saturated carbocycles. The molecule has 3 nitrogen and oxygen atoms in total. The molecule has 1 fully saturated rings. The standard InChI is InChI=1S/C15H21F3N2O/c1-11(2)21-13-5-3-12(4-6-13)14(15(16,17)18)20-9-7-19-8-10-20/h3-6,11,14,19H,7-10H2,1-2H3/t14-/m1/s1. The van der Waals surface area contributed by atoms with Gasteiger partial charge in [0.15, 0.2) is 0 Å². The second-order valence-electron chi connectivity index (χ2n) is 5.47. The maximum Gasteiger partial charge on any atom is 0.408 e. The molecule has 0 bridgehead atoms. The molecule has 0 radical (unpaired) electrons. The number of ether oxygens (including phenoxy) is 1. The van der Waals surface area contributed by atoms with Crippen molar-refractivity contribution in [2.24, 2.45) is 0 Å². The van der Waals surface area contributed by atoms with Crippen molar-refractivity contribution in [1.82, 2.24) is 10.2 Å². The zero-order valence-electron chi connectivity index (χ0n) is 12.3. The number of hydrogen-bond acceptors (Lipinski definition) is 3. The Morgan fingerprint density at radius 2 is 1.67 bits per heavy atom. The van der Waals surface area contributed by atoms with Gasteiger partial charge in [-0.3, -0.25) is 4.90 Å². The predicted octanol–water partition coefficient (Wildman–Crippen LogP) is 2.98. The molecule has 2 rings (SSSR count). The smallest absolute Gasteiger partial charge is 0.408 e. The van der Waals surface area contributed by atoms with Gasteiger partial charge in [-0.1, -0.05) is 12.1 Å². The zero-order valence-corrected chi connectivity index (χ0v) is 12.3. The molecule has 1 heterocycles. The lowest BCUT2D eigenvalue weighted by Gasteiger charge is -2.36. The molecule has 21 heavy (non-hydrogen) atoms. The summed E-state index contributed by atoms with van der Waals surface area (Å²) in [7, 11) is 0. The van der Waals surface area contributed by atoms with Crippen LogP contribution in [0.3, 0.4) is 0 Å². The minimum atomic E-state index is -4.28. The van der Waals surface area contributed by atoms with E-state index < -0.39 is 12.2 Å². The molecule has 1 atom stereocenters. The van der Waals surface area contributed by atoms with Crippen LogP contribution in [0.2, 0.25) is 0 Å². The van der Waals surface area contributed by atoms with Crippen molar-refractivity contribution in [1.29, 1.82) is 0 Å². The lowest BCUT2D eigenvalue weighted by atomic mass is 10.0. The topological polar surface area (TPSA) is 24.5 Å². The maximum atomic E-state index is 13.4. The van der Waals surface area contributed by atoms with Gasteiger partial charge in [0.2, 0.25) is 0 Å². The minimum Gasteiger partial charge on any atom is -0.491 e. The molecule has 1 N–H and O–H groups in total. The zero-order chi connectivity index (χ0) is 15.5. The molecule has 118 valence electrons. The van der Waals surface area contributed by atoms with Crippen molar-refractivity contribution in [3.63, 3.8) is 0 Å². The lowest BCUT2D eigenvalue weighted by Crippen LogP contribution is -2.49. The highest BCUT2D eigenvalue weighted by molar-refractivity contribution is 5.30. The van der Waals surface area contributed by atoms with Crippen molar-refractivity contribution in [3.8, 4) is 5.75 Å². The Balaban J connectivity index is 2.20. The molecule has 0 aliphatic carbocycles. The van der Waals surface area contributed by atoms with Gasteiger partial charge in [0, 0.05) is 26.2 Å². The Hall–Kier alpha value is -1.27. The summed E-state index contributed by atoms with van der Waals surface area (Å²) in [5.74, 6) is 0.593. The van der Waals surface area contributed by atoms with Crippen LogP contribution in [-0.2, 0) is 0 Å². The number of alkyl halides is 3. The summed E-state index contributed by atoms with van der Waals surface area (Å²) in [6.45, 7) is 5.73. The van der Waals surface area contributed by atoms with E-state index in [0.717, 1.165) is 0 Å². The average Bonchev–Trinajstić information content (AvgIpc) is 2.40. The van der Waals surface area contributed by atoms with Gasteiger partial charge in [-0.25, -0.2) is 0 Å². The first-order valence-corrected chi connectivity index (χ1v) is 7.16. The first-order valence-electron chi connectivity index (χ1n) is 7.16. The van der Waals surface area contributed by atoms with Crippen LogP contribution in [0.5, 0.6) is 5.75 Å². The van der Waals surface area contributed by atoms with Crippen molar-refractivity contribution in [3.05, 3.63) is 29.8 Å². The minimum absolute atomic E-state index is 0.00225. The third kappa shape index (κ3) is 4.35. The molecule has 0 spiro atoms. The van der Waals surface area contributed by atoms with Gasteiger partial charge in [-0.05, 0) is 31.5 Å². The summed E-state index contributed by atoms with van der Waals surface area (Å²) in [5.41, 5.74) is 0.264. The number of rotatable bonds is 4. The SMILES string of the molecule is CC(C)Oc1ccc([C@@H](N2CCNCC2)C(F)(F)F)cc1. The van der Waals surface area contributed by atoms with E-state index in [9.17, 15) is 13.2 Å². The average molecular weight is 302 g/mol. The maximum absolute atomic E-state index is 13.4. The third-order valence-corrected chi connectivity index (χ3v) is 3.39. The van der Waals surface area contributed by atoms with Crippen LogP contribution >= 0.6 is 0 Å². The molecule has 1 saturated heterocycles. The van der Waals surface area contributed by atoms with Gasteiger partial charge >= 0.3 is 6.18 Å². The molecule has 6 heteroatoms. The highest BCUT2D eigenvalue weighted by Gasteiger charge is 2.44. The van der Waals surface area contributed by atoms with Gasteiger partial charge in [0.1, 0.15) is 11.8 Å². The van der Waals surface area contributed by atoms with E-state index in [1.54, 1.807) is 12.1 Å². The van der Waals surface area contributed by atoms with Gasteiger partial charge in [0.25, 0.3) is 0 Å². The predicted molar refractivity (Wildman–Crippen MR) is 75.4 cm³/mol. The fourth-order valence-electron chi connectivity index (χ4n) is 2.55. The molecule has 0 unspecified atom stereocenters. The lowest BCUT2D eigenvalue weighted by molar-refractivity contribution is -0.187. The van der Waals surface area contributed by atoms with Gasteiger partial charge in [-0.2, -0.15) is 13.2 Å². The van der Waals surface area contributed by atoms with E-state index in [0.29, 0.717) is 31.9 Å². The largest absolute Gasteiger partial charge is 0.491 e. The highest BCUT2D eigenvalue weighted by atomic mass is 19.4. The summed E-state index contributed by atoms with van der Waals surface area (Å²) >= 11 is 0. The monoisotopic (exact) mass is 302 g/mol. The number of nitrogens with one attached hydrogen (secondary N) is 1. The number of nitrogens with zero attached hydrogens (tertiary/aromatic N) is 1. The van der Waals surface area contributed by atoms with Gasteiger partial charge in [0.05, 0.1) is 6.10 Å². The molecule has 0 aromatic heterocycles. The fraction of sp³-hybridized carbons (Fsp3) is 0.600. The summed E-state index contributed by atoms with van der Waals surface area (Å²) in [5, 5.41) is 3.07. The van der Waals surface area contributed by atoms with Gasteiger partial charge in [-0.15, -0.1) is 0 Å². The number of hydrogen-bond donors (Lipinski definition) is 1. The van der Waals surface area contributed by atoms with E-state index >= 15 is 0 Å². The number of piperazine rings is 1. The Morgan fingerprint density at radius 3 is 2.14 bits per heavy atom. The van der Waals surface area contributed by atoms with Crippen LogP contribution in [0.4, 0.5) is 13.2 Å². The van der Waals surface area contributed by atoms with Crippen LogP contribution in [0, 0.1) is 0 Å². The van der Waals surface area contributed by atoms with E-state index in [-0.39, 0.29) is 11.7 Å².